The molecule has 1 N–H and O–H groups in total. The molecule has 0 unspecified atom stereocenters. The predicted molar refractivity (Wildman–Crippen MR) is 96.0 cm³/mol. The Morgan fingerprint density at radius 2 is 2.04 bits per heavy atom. The van der Waals surface area contributed by atoms with Crippen LogP contribution in [-0.2, 0) is 0 Å². The maximum Gasteiger partial charge on any atom is 0.255 e. The third-order valence-electron chi connectivity index (χ3n) is 4.16. The van der Waals surface area contributed by atoms with Crippen LogP contribution in [-0.4, -0.2) is 30.6 Å². The van der Waals surface area contributed by atoms with E-state index < -0.39 is 0 Å². The Balaban J connectivity index is 1.73. The summed E-state index contributed by atoms with van der Waals surface area (Å²) in [7, 11) is 0. The second-order valence-electron chi connectivity index (χ2n) is 5.91. The standard InChI is InChI=1S/C19H23N3O2/c1-3-24-16-8-6-7-15(13-16)19(23)21-17-9-10-18(20-14(17)2)22-11-4-5-12-22/h6-10,13H,3-5,11-12H2,1-2H3,(H,21,23). The lowest BCUT2D eigenvalue weighted by Crippen LogP contribution is -2.20. The highest BCUT2D eigenvalue weighted by Crippen LogP contribution is 2.23. The van der Waals surface area contributed by atoms with E-state index in [0.29, 0.717) is 17.9 Å². The van der Waals surface area contributed by atoms with Crippen molar-refractivity contribution in [1.82, 2.24) is 4.98 Å². The van der Waals surface area contributed by atoms with E-state index in [1.807, 2.05) is 38.1 Å². The SMILES string of the molecule is CCOc1cccc(C(=O)Nc2ccc(N3CCCC3)nc2C)c1. The van der Waals surface area contributed by atoms with Crippen molar-refractivity contribution in [2.75, 3.05) is 29.9 Å². The van der Waals surface area contributed by atoms with E-state index in [2.05, 4.69) is 15.2 Å². The van der Waals surface area contributed by atoms with Crippen LogP contribution in [0.4, 0.5) is 11.5 Å². The van der Waals surface area contributed by atoms with Gasteiger partial charge in [-0.25, -0.2) is 4.98 Å². The fourth-order valence-electron chi connectivity index (χ4n) is 2.89. The van der Waals surface area contributed by atoms with Crippen LogP contribution in [0.15, 0.2) is 36.4 Å². The molecule has 24 heavy (non-hydrogen) atoms. The molecule has 1 amide bonds. The Morgan fingerprint density at radius 3 is 2.75 bits per heavy atom. The smallest absolute Gasteiger partial charge is 0.255 e. The summed E-state index contributed by atoms with van der Waals surface area (Å²) in [6.45, 7) is 6.53. The first-order valence-electron chi connectivity index (χ1n) is 8.44. The molecule has 1 saturated heterocycles. The Labute approximate surface area is 142 Å². The Hall–Kier alpha value is -2.56. The molecular weight excluding hydrogens is 302 g/mol. The predicted octanol–water partition coefficient (Wildman–Crippen LogP) is 3.64. The largest absolute Gasteiger partial charge is 0.494 e. The van der Waals surface area contributed by atoms with Gasteiger partial charge in [-0.1, -0.05) is 6.07 Å². The fourth-order valence-corrected chi connectivity index (χ4v) is 2.89. The van der Waals surface area contributed by atoms with Gasteiger partial charge in [0.2, 0.25) is 0 Å². The highest BCUT2D eigenvalue weighted by molar-refractivity contribution is 6.04. The van der Waals surface area contributed by atoms with Crippen LogP contribution in [0.1, 0.15) is 35.8 Å². The van der Waals surface area contributed by atoms with Gasteiger partial charge in [0.15, 0.2) is 0 Å². The molecule has 3 rings (SSSR count). The molecule has 0 atom stereocenters. The summed E-state index contributed by atoms with van der Waals surface area (Å²) in [5.41, 5.74) is 2.14. The average Bonchev–Trinajstić information content (AvgIpc) is 3.12. The van der Waals surface area contributed by atoms with Crippen LogP contribution in [0.25, 0.3) is 0 Å². The fraction of sp³-hybridized carbons (Fsp3) is 0.368. The van der Waals surface area contributed by atoms with Gasteiger partial charge in [-0.05, 0) is 57.0 Å². The number of anilines is 2. The topological polar surface area (TPSA) is 54.5 Å². The number of rotatable bonds is 5. The van der Waals surface area contributed by atoms with Crippen molar-refractivity contribution < 1.29 is 9.53 Å². The molecule has 0 bridgehead atoms. The number of carbonyl (C=O) groups is 1. The molecule has 0 radical (unpaired) electrons. The van der Waals surface area contributed by atoms with Crippen molar-refractivity contribution in [1.29, 1.82) is 0 Å². The van der Waals surface area contributed by atoms with Gasteiger partial charge in [0.1, 0.15) is 11.6 Å². The molecule has 0 aliphatic carbocycles. The second-order valence-corrected chi connectivity index (χ2v) is 5.91. The maximum atomic E-state index is 12.5. The van der Waals surface area contributed by atoms with E-state index in [0.717, 1.165) is 30.3 Å². The van der Waals surface area contributed by atoms with Gasteiger partial charge in [-0.2, -0.15) is 0 Å². The van der Waals surface area contributed by atoms with Gasteiger partial charge in [-0.3, -0.25) is 4.79 Å². The number of pyridine rings is 1. The lowest BCUT2D eigenvalue weighted by atomic mass is 10.2. The molecule has 5 nitrogen and oxygen atoms in total. The summed E-state index contributed by atoms with van der Waals surface area (Å²) in [6, 6.07) is 11.1. The number of aromatic nitrogens is 1. The lowest BCUT2D eigenvalue weighted by molar-refractivity contribution is 0.102. The first-order valence-corrected chi connectivity index (χ1v) is 8.44. The minimum atomic E-state index is -0.157. The van der Waals surface area contributed by atoms with E-state index in [-0.39, 0.29) is 5.91 Å². The van der Waals surface area contributed by atoms with E-state index in [1.54, 1.807) is 12.1 Å². The van der Waals surface area contributed by atoms with Crippen molar-refractivity contribution in [3.05, 3.63) is 47.7 Å². The van der Waals surface area contributed by atoms with Crippen LogP contribution in [0, 0.1) is 6.92 Å². The summed E-state index contributed by atoms with van der Waals surface area (Å²) in [5.74, 6) is 1.53. The lowest BCUT2D eigenvalue weighted by Gasteiger charge is -2.18. The molecule has 126 valence electrons. The van der Waals surface area contributed by atoms with E-state index >= 15 is 0 Å². The number of carbonyl (C=O) groups excluding carboxylic acids is 1. The average molecular weight is 325 g/mol. The normalized spacial score (nSPS) is 13.8. The third-order valence-corrected chi connectivity index (χ3v) is 4.16. The van der Waals surface area contributed by atoms with Crippen LogP contribution >= 0.6 is 0 Å². The number of hydrogen-bond donors (Lipinski definition) is 1. The Morgan fingerprint density at radius 1 is 1.25 bits per heavy atom. The molecule has 1 aliphatic heterocycles. The van der Waals surface area contributed by atoms with Gasteiger partial charge < -0.3 is 15.0 Å². The van der Waals surface area contributed by atoms with Crippen molar-refractivity contribution in [3.63, 3.8) is 0 Å². The molecule has 5 heteroatoms. The van der Waals surface area contributed by atoms with E-state index in [4.69, 9.17) is 4.74 Å². The molecule has 1 aliphatic rings. The zero-order chi connectivity index (χ0) is 16.9. The quantitative estimate of drug-likeness (QED) is 0.912. The summed E-state index contributed by atoms with van der Waals surface area (Å²) in [5, 5.41) is 2.94. The molecule has 2 heterocycles. The summed E-state index contributed by atoms with van der Waals surface area (Å²) in [6.07, 6.45) is 2.44. The number of nitrogens with one attached hydrogen (secondary N) is 1. The number of nitrogens with zero attached hydrogens (tertiary/aromatic N) is 2. The molecule has 1 aromatic carbocycles. The van der Waals surface area contributed by atoms with Crippen LogP contribution in [0.5, 0.6) is 5.75 Å². The maximum absolute atomic E-state index is 12.5. The van der Waals surface area contributed by atoms with Gasteiger partial charge in [0.25, 0.3) is 5.91 Å². The molecule has 2 aromatic rings. The van der Waals surface area contributed by atoms with Gasteiger partial charge >= 0.3 is 0 Å². The minimum Gasteiger partial charge on any atom is -0.494 e. The zero-order valence-corrected chi connectivity index (χ0v) is 14.2. The molecule has 1 aromatic heterocycles. The molecular formula is C19H23N3O2. The van der Waals surface area contributed by atoms with Gasteiger partial charge in [-0.15, -0.1) is 0 Å². The number of benzene rings is 1. The molecule has 0 spiro atoms. The van der Waals surface area contributed by atoms with Gasteiger partial charge in [0.05, 0.1) is 18.0 Å². The number of aryl methyl sites for hydroxylation is 1. The molecule has 0 saturated carbocycles. The highest BCUT2D eigenvalue weighted by atomic mass is 16.5. The summed E-state index contributed by atoms with van der Waals surface area (Å²) in [4.78, 5) is 19.4. The van der Waals surface area contributed by atoms with E-state index in [9.17, 15) is 4.79 Å². The van der Waals surface area contributed by atoms with Crippen LogP contribution < -0.4 is 15.0 Å². The highest BCUT2D eigenvalue weighted by Gasteiger charge is 2.15. The van der Waals surface area contributed by atoms with E-state index in [1.165, 1.54) is 12.8 Å². The minimum absolute atomic E-state index is 0.157. The Bertz CT molecular complexity index is 724. The third kappa shape index (κ3) is 3.67. The second kappa shape index (κ2) is 7.34. The van der Waals surface area contributed by atoms with Crippen molar-refractivity contribution >= 4 is 17.4 Å². The Kier molecular flexibility index (Phi) is 4.99. The number of hydrogen-bond acceptors (Lipinski definition) is 4. The van der Waals surface area contributed by atoms with Crippen LogP contribution in [0.2, 0.25) is 0 Å². The van der Waals surface area contributed by atoms with Gasteiger partial charge in [0, 0.05) is 18.7 Å². The first kappa shape index (κ1) is 16.3. The van der Waals surface area contributed by atoms with Crippen molar-refractivity contribution in [2.24, 2.45) is 0 Å². The summed E-state index contributed by atoms with van der Waals surface area (Å²) < 4.78 is 5.45. The van der Waals surface area contributed by atoms with Crippen molar-refractivity contribution in [2.45, 2.75) is 26.7 Å². The monoisotopic (exact) mass is 325 g/mol. The number of ether oxygens (including phenoxy) is 1. The van der Waals surface area contributed by atoms with Crippen molar-refractivity contribution in [3.8, 4) is 5.75 Å². The summed E-state index contributed by atoms with van der Waals surface area (Å²) >= 11 is 0. The zero-order valence-electron chi connectivity index (χ0n) is 14.2. The van der Waals surface area contributed by atoms with Crippen LogP contribution in [0.3, 0.4) is 0 Å². The first-order chi connectivity index (χ1) is 11.7. The molecule has 1 fully saturated rings. The number of amides is 1.